The molecule has 3 N–H and O–H groups in total. The van der Waals surface area contributed by atoms with Crippen LogP contribution in [0.1, 0.15) is 37.2 Å². The summed E-state index contributed by atoms with van der Waals surface area (Å²) in [5, 5.41) is 2.96. The molecule has 120 valence electrons. The molecule has 0 bridgehead atoms. The highest BCUT2D eigenvalue weighted by molar-refractivity contribution is 5.92. The molecule has 22 heavy (non-hydrogen) atoms. The van der Waals surface area contributed by atoms with E-state index in [0.717, 1.165) is 12.8 Å². The molecular weight excluding hydrogens is 282 g/mol. The minimum atomic E-state index is -0.453. The number of carbonyl (C=O) groups excluding carboxylic acids is 2. The van der Waals surface area contributed by atoms with Crippen LogP contribution in [0.3, 0.4) is 0 Å². The largest absolute Gasteiger partial charge is 0.348 e. The lowest BCUT2D eigenvalue weighted by atomic mass is 9.90. The average molecular weight is 305 g/mol. The number of aromatic nitrogens is 2. The fraction of sp³-hybridized carbons (Fsp3) is 0.600. The van der Waals surface area contributed by atoms with Gasteiger partial charge in [-0.1, -0.05) is 0 Å². The molecule has 1 fully saturated rings. The van der Waals surface area contributed by atoms with Crippen molar-refractivity contribution in [2.24, 2.45) is 11.7 Å². The van der Waals surface area contributed by atoms with Gasteiger partial charge in [-0.15, -0.1) is 0 Å². The maximum absolute atomic E-state index is 12.1. The Morgan fingerprint density at radius 2 is 2.00 bits per heavy atom. The molecule has 0 aliphatic carbocycles. The van der Waals surface area contributed by atoms with Crippen molar-refractivity contribution in [2.45, 2.75) is 38.8 Å². The van der Waals surface area contributed by atoms with Gasteiger partial charge in [-0.3, -0.25) is 14.6 Å². The standard InChI is InChI=1S/C15H23N5O2/c1-10(16)15(22)20-7-3-12(4-8-20)11(2)19-14(21)13-9-17-5-6-18-13/h5-6,9-12H,3-4,7-8,16H2,1-2H3,(H,19,21)/t10-,11?/m0/s1. The molecule has 2 atom stereocenters. The summed E-state index contributed by atoms with van der Waals surface area (Å²) < 4.78 is 0. The van der Waals surface area contributed by atoms with Crippen LogP contribution in [0, 0.1) is 5.92 Å². The van der Waals surface area contributed by atoms with Crippen molar-refractivity contribution in [3.63, 3.8) is 0 Å². The summed E-state index contributed by atoms with van der Waals surface area (Å²) in [6.07, 6.45) is 6.20. The number of hydrogen-bond acceptors (Lipinski definition) is 5. The van der Waals surface area contributed by atoms with Crippen LogP contribution in [0.15, 0.2) is 18.6 Å². The van der Waals surface area contributed by atoms with Crippen LogP contribution in [0.25, 0.3) is 0 Å². The Morgan fingerprint density at radius 1 is 1.32 bits per heavy atom. The van der Waals surface area contributed by atoms with Crippen molar-refractivity contribution in [3.05, 3.63) is 24.3 Å². The van der Waals surface area contributed by atoms with Crippen LogP contribution in [-0.2, 0) is 4.79 Å². The monoisotopic (exact) mass is 305 g/mol. The van der Waals surface area contributed by atoms with Gasteiger partial charge in [0.15, 0.2) is 0 Å². The second kappa shape index (κ2) is 7.31. The summed E-state index contributed by atoms with van der Waals surface area (Å²) in [4.78, 5) is 33.6. The van der Waals surface area contributed by atoms with Crippen LogP contribution in [-0.4, -0.2) is 51.9 Å². The molecule has 7 heteroatoms. The van der Waals surface area contributed by atoms with Crippen molar-refractivity contribution < 1.29 is 9.59 Å². The minimum absolute atomic E-state index is 0.00491. The maximum Gasteiger partial charge on any atom is 0.271 e. The summed E-state index contributed by atoms with van der Waals surface area (Å²) >= 11 is 0. The van der Waals surface area contributed by atoms with Crippen molar-refractivity contribution in [1.82, 2.24) is 20.2 Å². The quantitative estimate of drug-likeness (QED) is 0.826. The van der Waals surface area contributed by atoms with E-state index in [-0.39, 0.29) is 17.9 Å². The van der Waals surface area contributed by atoms with Gasteiger partial charge in [-0.2, -0.15) is 0 Å². The van der Waals surface area contributed by atoms with Gasteiger partial charge in [-0.05, 0) is 32.6 Å². The molecule has 7 nitrogen and oxygen atoms in total. The third-order valence-electron chi connectivity index (χ3n) is 4.10. The van der Waals surface area contributed by atoms with Crippen molar-refractivity contribution >= 4 is 11.8 Å². The normalized spacial score (nSPS) is 18.6. The summed E-state index contributed by atoms with van der Waals surface area (Å²) in [5.74, 6) is 0.127. The number of likely N-dealkylation sites (tertiary alicyclic amines) is 1. The van der Waals surface area contributed by atoms with E-state index in [1.54, 1.807) is 11.8 Å². The van der Waals surface area contributed by atoms with E-state index >= 15 is 0 Å². The molecule has 2 heterocycles. The second-order valence-corrected chi connectivity index (χ2v) is 5.80. The summed E-state index contributed by atoms with van der Waals surface area (Å²) in [7, 11) is 0. The molecule has 1 aromatic rings. The molecule has 1 unspecified atom stereocenters. The summed E-state index contributed by atoms with van der Waals surface area (Å²) in [6, 6.07) is -0.424. The van der Waals surface area contributed by atoms with E-state index in [4.69, 9.17) is 5.73 Å². The highest BCUT2D eigenvalue weighted by Crippen LogP contribution is 2.21. The maximum atomic E-state index is 12.1. The van der Waals surface area contributed by atoms with Crippen LogP contribution in [0.5, 0.6) is 0 Å². The average Bonchev–Trinajstić information content (AvgIpc) is 2.55. The van der Waals surface area contributed by atoms with Gasteiger partial charge in [0.05, 0.1) is 12.2 Å². The number of piperidine rings is 1. The molecule has 1 aromatic heterocycles. The van der Waals surface area contributed by atoms with Crippen LogP contribution >= 0.6 is 0 Å². The number of hydrogen-bond donors (Lipinski definition) is 2. The first-order valence-electron chi connectivity index (χ1n) is 7.60. The number of nitrogens with zero attached hydrogens (tertiary/aromatic N) is 3. The zero-order chi connectivity index (χ0) is 16.1. The number of rotatable bonds is 4. The first-order chi connectivity index (χ1) is 10.5. The minimum Gasteiger partial charge on any atom is -0.348 e. The molecule has 1 aliphatic rings. The Kier molecular flexibility index (Phi) is 5.43. The van der Waals surface area contributed by atoms with Gasteiger partial charge >= 0.3 is 0 Å². The number of amides is 2. The van der Waals surface area contributed by atoms with Gasteiger partial charge in [0.25, 0.3) is 5.91 Å². The lowest BCUT2D eigenvalue weighted by Crippen LogP contribution is -2.49. The van der Waals surface area contributed by atoms with Crippen LogP contribution in [0.2, 0.25) is 0 Å². The topological polar surface area (TPSA) is 101 Å². The lowest BCUT2D eigenvalue weighted by Gasteiger charge is -2.35. The molecule has 2 amide bonds. The first kappa shape index (κ1) is 16.4. The molecule has 1 saturated heterocycles. The van der Waals surface area contributed by atoms with E-state index in [1.165, 1.54) is 18.6 Å². The smallest absolute Gasteiger partial charge is 0.271 e. The molecule has 2 rings (SSSR count). The highest BCUT2D eigenvalue weighted by atomic mass is 16.2. The van der Waals surface area contributed by atoms with E-state index in [9.17, 15) is 9.59 Å². The zero-order valence-electron chi connectivity index (χ0n) is 13.0. The highest BCUT2D eigenvalue weighted by Gasteiger charge is 2.28. The molecule has 0 spiro atoms. The third-order valence-corrected chi connectivity index (χ3v) is 4.10. The summed E-state index contributed by atoms with van der Waals surface area (Å²) in [5.41, 5.74) is 5.95. The predicted molar refractivity (Wildman–Crippen MR) is 81.9 cm³/mol. The first-order valence-corrected chi connectivity index (χ1v) is 7.60. The Balaban J connectivity index is 1.84. The number of nitrogens with one attached hydrogen (secondary N) is 1. The molecular formula is C15H23N5O2. The van der Waals surface area contributed by atoms with Crippen molar-refractivity contribution in [1.29, 1.82) is 0 Å². The van der Waals surface area contributed by atoms with Gasteiger partial charge in [0.1, 0.15) is 5.69 Å². The van der Waals surface area contributed by atoms with Gasteiger partial charge < -0.3 is 16.0 Å². The molecule has 0 radical (unpaired) electrons. The van der Waals surface area contributed by atoms with E-state index in [1.807, 2.05) is 6.92 Å². The SMILES string of the molecule is CC(NC(=O)c1cnccn1)C1CCN(C(=O)[C@H](C)N)CC1. The second-order valence-electron chi connectivity index (χ2n) is 5.80. The van der Waals surface area contributed by atoms with Crippen molar-refractivity contribution in [2.75, 3.05) is 13.1 Å². The van der Waals surface area contributed by atoms with Crippen LogP contribution < -0.4 is 11.1 Å². The lowest BCUT2D eigenvalue weighted by molar-refractivity contribution is -0.133. The summed E-state index contributed by atoms with van der Waals surface area (Å²) in [6.45, 7) is 5.08. The Labute approximate surface area is 130 Å². The van der Waals surface area contributed by atoms with Gasteiger partial charge in [-0.25, -0.2) is 4.98 Å². The van der Waals surface area contributed by atoms with Crippen molar-refractivity contribution in [3.8, 4) is 0 Å². The Hall–Kier alpha value is -2.02. The fourth-order valence-corrected chi connectivity index (χ4v) is 2.72. The number of nitrogens with two attached hydrogens (primary N) is 1. The number of carbonyl (C=O) groups is 2. The van der Waals surface area contributed by atoms with E-state index in [0.29, 0.717) is 24.7 Å². The third kappa shape index (κ3) is 4.00. The molecule has 0 saturated carbocycles. The fourth-order valence-electron chi connectivity index (χ4n) is 2.72. The van der Waals surface area contributed by atoms with Gasteiger partial charge in [0, 0.05) is 31.5 Å². The van der Waals surface area contributed by atoms with Gasteiger partial charge in [0.2, 0.25) is 5.91 Å². The Bertz CT molecular complexity index is 512. The Morgan fingerprint density at radius 3 is 2.55 bits per heavy atom. The van der Waals surface area contributed by atoms with E-state index < -0.39 is 6.04 Å². The van der Waals surface area contributed by atoms with Crippen LogP contribution in [0.4, 0.5) is 0 Å². The molecule has 0 aromatic carbocycles. The molecule has 1 aliphatic heterocycles. The zero-order valence-corrected chi connectivity index (χ0v) is 13.0. The van der Waals surface area contributed by atoms with E-state index in [2.05, 4.69) is 15.3 Å². The predicted octanol–water partition coefficient (Wildman–Crippen LogP) is 0.181.